The third-order valence-electron chi connectivity index (χ3n) is 4.18. The van der Waals surface area contributed by atoms with Gasteiger partial charge in [-0.1, -0.05) is 45.0 Å². The molecule has 0 fully saturated rings. The van der Waals surface area contributed by atoms with E-state index < -0.39 is 6.10 Å². The lowest BCUT2D eigenvalue weighted by atomic mass is 10.0. The van der Waals surface area contributed by atoms with Gasteiger partial charge in [-0.2, -0.15) is 0 Å². The molecule has 0 bridgehead atoms. The molecule has 0 unspecified atom stereocenters. The smallest absolute Gasteiger partial charge is 0.261 e. The number of amides is 1. The molecule has 0 heterocycles. The summed E-state index contributed by atoms with van der Waals surface area (Å²) < 4.78 is 16.8. The van der Waals surface area contributed by atoms with Gasteiger partial charge in [0.1, 0.15) is 23.9 Å². The van der Waals surface area contributed by atoms with Crippen LogP contribution in [0, 0.1) is 0 Å². The fraction of sp³-hybridized carbons (Fsp3) is 0.409. The number of benzene rings is 2. The first kappa shape index (κ1) is 20.6. The van der Waals surface area contributed by atoms with Crippen LogP contribution in [0.15, 0.2) is 48.5 Å². The molecule has 0 spiro atoms. The zero-order chi connectivity index (χ0) is 19.6. The maximum Gasteiger partial charge on any atom is 0.261 e. The topological polar surface area (TPSA) is 56.8 Å². The van der Waals surface area contributed by atoms with Crippen molar-refractivity contribution in [2.45, 2.75) is 39.2 Å². The lowest BCUT2D eigenvalue weighted by Gasteiger charge is -2.18. The van der Waals surface area contributed by atoms with Gasteiger partial charge >= 0.3 is 0 Å². The Hall–Kier alpha value is -2.69. The predicted molar refractivity (Wildman–Crippen MR) is 107 cm³/mol. The van der Waals surface area contributed by atoms with Gasteiger partial charge in [0.25, 0.3) is 5.91 Å². The van der Waals surface area contributed by atoms with E-state index in [1.807, 2.05) is 43.3 Å². The first-order chi connectivity index (χ1) is 13.0. The molecule has 0 saturated heterocycles. The van der Waals surface area contributed by atoms with Crippen molar-refractivity contribution in [2.24, 2.45) is 0 Å². The third-order valence-corrected chi connectivity index (χ3v) is 4.18. The molecule has 1 N–H and O–H groups in total. The van der Waals surface area contributed by atoms with E-state index in [-0.39, 0.29) is 5.91 Å². The average molecular weight is 371 g/mol. The minimum atomic E-state index is -0.556. The van der Waals surface area contributed by atoms with Crippen molar-refractivity contribution in [1.29, 1.82) is 0 Å². The van der Waals surface area contributed by atoms with E-state index in [2.05, 4.69) is 25.2 Å². The number of carbonyl (C=O) groups excluding carboxylic acids is 1. The van der Waals surface area contributed by atoms with Gasteiger partial charge in [0.2, 0.25) is 0 Å². The standard InChI is InChI=1S/C22H29NO4/c1-5-20(27-18-10-8-9-17(15-18)25-4)22(24)23-13-14-26-21-12-7-6-11-19(21)16(2)3/h6-12,15-16,20H,5,13-14H2,1-4H3,(H,23,24)/t20-/m1/s1. The van der Waals surface area contributed by atoms with Crippen LogP contribution in [0.2, 0.25) is 0 Å². The van der Waals surface area contributed by atoms with Crippen molar-refractivity contribution in [3.63, 3.8) is 0 Å². The zero-order valence-electron chi connectivity index (χ0n) is 16.5. The molecule has 5 nitrogen and oxygen atoms in total. The molecule has 0 aliphatic heterocycles. The first-order valence-corrected chi connectivity index (χ1v) is 9.35. The molecule has 2 rings (SSSR count). The maximum atomic E-state index is 12.4. The van der Waals surface area contributed by atoms with Gasteiger partial charge in [0.05, 0.1) is 13.7 Å². The summed E-state index contributed by atoms with van der Waals surface area (Å²) >= 11 is 0. The van der Waals surface area contributed by atoms with Gasteiger partial charge in [0, 0.05) is 6.07 Å². The van der Waals surface area contributed by atoms with Crippen LogP contribution in [0.4, 0.5) is 0 Å². The molecule has 2 aromatic carbocycles. The Kier molecular flexibility index (Phi) is 7.99. The SMILES string of the molecule is CC[C@@H](Oc1cccc(OC)c1)C(=O)NCCOc1ccccc1C(C)C. The molecule has 2 aromatic rings. The van der Waals surface area contributed by atoms with Gasteiger partial charge < -0.3 is 19.5 Å². The Morgan fingerprint density at radius 3 is 2.52 bits per heavy atom. The average Bonchev–Trinajstić information content (AvgIpc) is 2.69. The van der Waals surface area contributed by atoms with Gasteiger partial charge in [0.15, 0.2) is 6.10 Å². The summed E-state index contributed by atoms with van der Waals surface area (Å²) in [5, 5.41) is 2.88. The summed E-state index contributed by atoms with van der Waals surface area (Å²) in [4.78, 5) is 12.4. The Labute approximate surface area is 161 Å². The minimum Gasteiger partial charge on any atom is -0.497 e. The summed E-state index contributed by atoms with van der Waals surface area (Å²) in [5.74, 6) is 2.40. The second-order valence-electron chi connectivity index (χ2n) is 6.53. The molecule has 146 valence electrons. The maximum absolute atomic E-state index is 12.4. The monoisotopic (exact) mass is 371 g/mol. The molecule has 0 aliphatic carbocycles. The summed E-state index contributed by atoms with van der Waals surface area (Å²) in [5.41, 5.74) is 1.16. The zero-order valence-corrected chi connectivity index (χ0v) is 16.5. The number of hydrogen-bond acceptors (Lipinski definition) is 4. The lowest BCUT2D eigenvalue weighted by Crippen LogP contribution is -2.39. The largest absolute Gasteiger partial charge is 0.497 e. The van der Waals surface area contributed by atoms with E-state index in [0.717, 1.165) is 11.3 Å². The number of ether oxygens (including phenoxy) is 3. The second kappa shape index (κ2) is 10.5. The van der Waals surface area contributed by atoms with Crippen LogP contribution in [0.5, 0.6) is 17.2 Å². The van der Waals surface area contributed by atoms with Crippen LogP contribution in [0.3, 0.4) is 0 Å². The first-order valence-electron chi connectivity index (χ1n) is 9.35. The van der Waals surface area contributed by atoms with Crippen LogP contribution < -0.4 is 19.5 Å². The highest BCUT2D eigenvalue weighted by Gasteiger charge is 2.18. The highest BCUT2D eigenvalue weighted by molar-refractivity contribution is 5.81. The summed E-state index contributed by atoms with van der Waals surface area (Å²) in [6, 6.07) is 15.2. The van der Waals surface area contributed by atoms with Crippen LogP contribution in [-0.2, 0) is 4.79 Å². The molecular formula is C22H29NO4. The molecular weight excluding hydrogens is 342 g/mol. The molecule has 27 heavy (non-hydrogen) atoms. The van der Waals surface area contributed by atoms with E-state index in [0.29, 0.717) is 37.0 Å². The Bertz CT molecular complexity index is 730. The van der Waals surface area contributed by atoms with E-state index in [4.69, 9.17) is 14.2 Å². The van der Waals surface area contributed by atoms with Gasteiger partial charge in [-0.15, -0.1) is 0 Å². The number of para-hydroxylation sites is 1. The van der Waals surface area contributed by atoms with Crippen molar-refractivity contribution in [1.82, 2.24) is 5.32 Å². The molecule has 1 amide bonds. The Morgan fingerprint density at radius 2 is 1.81 bits per heavy atom. The summed E-state index contributed by atoms with van der Waals surface area (Å²) in [6.07, 6.45) is 0.0140. The number of carbonyl (C=O) groups is 1. The number of rotatable bonds is 10. The van der Waals surface area contributed by atoms with Crippen molar-refractivity contribution in [2.75, 3.05) is 20.3 Å². The number of hydrogen-bond donors (Lipinski definition) is 1. The quantitative estimate of drug-likeness (QED) is 0.637. The predicted octanol–water partition coefficient (Wildman–Crippen LogP) is 4.17. The van der Waals surface area contributed by atoms with E-state index in [1.54, 1.807) is 13.2 Å². The number of nitrogens with one attached hydrogen (secondary N) is 1. The molecule has 0 aliphatic rings. The fourth-order valence-electron chi connectivity index (χ4n) is 2.70. The minimum absolute atomic E-state index is 0.152. The van der Waals surface area contributed by atoms with Crippen molar-refractivity contribution in [3.8, 4) is 17.2 Å². The van der Waals surface area contributed by atoms with Gasteiger partial charge in [-0.3, -0.25) is 4.79 Å². The van der Waals surface area contributed by atoms with Crippen LogP contribution in [0.25, 0.3) is 0 Å². The highest BCUT2D eigenvalue weighted by Crippen LogP contribution is 2.25. The summed E-state index contributed by atoms with van der Waals surface area (Å²) in [7, 11) is 1.60. The van der Waals surface area contributed by atoms with Crippen molar-refractivity contribution >= 4 is 5.91 Å². The van der Waals surface area contributed by atoms with Crippen LogP contribution in [0.1, 0.15) is 38.7 Å². The molecule has 5 heteroatoms. The molecule has 0 aromatic heterocycles. The van der Waals surface area contributed by atoms with Crippen molar-refractivity contribution in [3.05, 3.63) is 54.1 Å². The Morgan fingerprint density at radius 1 is 1.07 bits per heavy atom. The van der Waals surface area contributed by atoms with Gasteiger partial charge in [-0.05, 0) is 36.1 Å². The second-order valence-corrected chi connectivity index (χ2v) is 6.53. The number of methoxy groups -OCH3 is 1. The van der Waals surface area contributed by atoms with E-state index in [1.165, 1.54) is 0 Å². The van der Waals surface area contributed by atoms with Crippen LogP contribution in [-0.4, -0.2) is 32.3 Å². The lowest BCUT2D eigenvalue weighted by molar-refractivity contribution is -0.128. The highest BCUT2D eigenvalue weighted by atomic mass is 16.5. The van der Waals surface area contributed by atoms with Crippen LogP contribution >= 0.6 is 0 Å². The van der Waals surface area contributed by atoms with E-state index in [9.17, 15) is 4.79 Å². The normalized spacial score (nSPS) is 11.7. The molecule has 0 saturated carbocycles. The molecule has 1 atom stereocenters. The summed E-state index contributed by atoms with van der Waals surface area (Å²) in [6.45, 7) is 7.01. The van der Waals surface area contributed by atoms with E-state index >= 15 is 0 Å². The molecule has 0 radical (unpaired) electrons. The van der Waals surface area contributed by atoms with Crippen molar-refractivity contribution < 1.29 is 19.0 Å². The van der Waals surface area contributed by atoms with Gasteiger partial charge in [-0.25, -0.2) is 0 Å². The third kappa shape index (κ3) is 6.20. The fourth-order valence-corrected chi connectivity index (χ4v) is 2.70. The Balaban J connectivity index is 1.83.